The minimum Gasteiger partial charge on any atom is -0.342 e. The van der Waals surface area contributed by atoms with Gasteiger partial charge in [0.1, 0.15) is 0 Å². The van der Waals surface area contributed by atoms with Crippen molar-refractivity contribution in [1.29, 1.82) is 0 Å². The maximum Gasteiger partial charge on any atom is 0.225 e. The van der Waals surface area contributed by atoms with Crippen molar-refractivity contribution in [3.05, 3.63) is 18.5 Å². The Labute approximate surface area is 145 Å². The van der Waals surface area contributed by atoms with Crippen LogP contribution < -0.4 is 0 Å². The molecular weight excluding hydrogens is 300 g/mol. The van der Waals surface area contributed by atoms with E-state index in [1.54, 1.807) is 0 Å². The van der Waals surface area contributed by atoms with Gasteiger partial charge in [0.05, 0.1) is 6.54 Å². The van der Waals surface area contributed by atoms with Crippen LogP contribution in [0.1, 0.15) is 38.5 Å². The third-order valence-corrected chi connectivity index (χ3v) is 6.43. The lowest BCUT2D eigenvalue weighted by atomic mass is 9.82. The number of fused-ring (bicyclic) bond motifs is 1. The molecule has 0 radical (unpaired) electrons. The van der Waals surface area contributed by atoms with Crippen LogP contribution in [-0.2, 0) is 11.3 Å². The van der Waals surface area contributed by atoms with Gasteiger partial charge in [-0.05, 0) is 56.7 Å². The number of rotatable bonds is 4. The number of amides is 1. The first kappa shape index (κ1) is 16.1. The number of nitrogens with zero attached hydrogens (tertiary/aromatic N) is 4. The second-order valence-corrected chi connectivity index (χ2v) is 7.93. The molecule has 2 atom stereocenters. The lowest BCUT2D eigenvalue weighted by Crippen LogP contribution is -2.42. The number of hydrogen-bond donors (Lipinski definition) is 0. The zero-order valence-electron chi connectivity index (χ0n) is 14.6. The van der Waals surface area contributed by atoms with E-state index in [4.69, 9.17) is 0 Å². The molecule has 132 valence electrons. The van der Waals surface area contributed by atoms with E-state index in [9.17, 15) is 4.79 Å². The molecule has 0 bridgehead atoms. The highest BCUT2D eigenvalue weighted by Gasteiger charge is 2.38. The van der Waals surface area contributed by atoms with Crippen molar-refractivity contribution in [3.63, 3.8) is 0 Å². The number of likely N-dealkylation sites (tertiary alicyclic amines) is 2. The van der Waals surface area contributed by atoms with Crippen molar-refractivity contribution < 1.29 is 4.79 Å². The molecule has 1 saturated carbocycles. The van der Waals surface area contributed by atoms with Crippen molar-refractivity contribution in [2.75, 3.05) is 32.7 Å². The zero-order valence-corrected chi connectivity index (χ0v) is 14.6. The molecule has 3 aliphatic rings. The van der Waals surface area contributed by atoms with Crippen LogP contribution in [-0.4, -0.2) is 58.2 Å². The van der Waals surface area contributed by atoms with Gasteiger partial charge in [-0.1, -0.05) is 12.8 Å². The van der Waals surface area contributed by atoms with E-state index < -0.39 is 0 Å². The Morgan fingerprint density at radius 2 is 1.71 bits per heavy atom. The van der Waals surface area contributed by atoms with Crippen molar-refractivity contribution in [2.45, 2.75) is 45.1 Å². The van der Waals surface area contributed by atoms with Gasteiger partial charge in [-0.3, -0.25) is 9.48 Å². The highest BCUT2D eigenvalue weighted by molar-refractivity contribution is 5.79. The van der Waals surface area contributed by atoms with Crippen molar-refractivity contribution in [1.82, 2.24) is 19.6 Å². The molecule has 2 saturated heterocycles. The zero-order chi connectivity index (χ0) is 16.4. The van der Waals surface area contributed by atoms with Gasteiger partial charge in [-0.2, -0.15) is 5.10 Å². The van der Waals surface area contributed by atoms with Crippen LogP contribution in [0.4, 0.5) is 0 Å². The summed E-state index contributed by atoms with van der Waals surface area (Å²) in [7, 11) is 0. The van der Waals surface area contributed by atoms with Crippen molar-refractivity contribution in [2.24, 2.45) is 17.8 Å². The third-order valence-electron chi connectivity index (χ3n) is 6.43. The van der Waals surface area contributed by atoms with E-state index in [0.717, 1.165) is 63.9 Å². The second-order valence-electron chi connectivity index (χ2n) is 7.93. The molecule has 5 heteroatoms. The van der Waals surface area contributed by atoms with Crippen molar-refractivity contribution >= 4 is 5.91 Å². The summed E-state index contributed by atoms with van der Waals surface area (Å²) in [5, 5.41) is 4.26. The summed E-state index contributed by atoms with van der Waals surface area (Å²) in [6.45, 7) is 6.18. The monoisotopic (exact) mass is 330 g/mol. The standard InChI is InChI=1S/C19H30N4O/c24-19(22-14-17-4-1-2-5-18(17)15-22)16-6-10-21(11-7-16)12-13-23-9-3-8-20-23/h3,8-9,16-18H,1-2,4-7,10-15H2. The molecule has 1 aliphatic carbocycles. The van der Waals surface area contributed by atoms with E-state index >= 15 is 0 Å². The topological polar surface area (TPSA) is 41.4 Å². The van der Waals surface area contributed by atoms with E-state index in [2.05, 4.69) is 14.9 Å². The SMILES string of the molecule is O=C(C1CCN(CCn2cccn2)CC1)N1CC2CCCCC2C1. The number of carbonyl (C=O) groups excluding carboxylic acids is 1. The number of carbonyl (C=O) groups is 1. The first-order chi connectivity index (χ1) is 11.8. The molecule has 2 unspecified atom stereocenters. The Balaban J connectivity index is 1.23. The molecule has 2 aliphatic heterocycles. The number of aromatic nitrogens is 2. The summed E-state index contributed by atoms with van der Waals surface area (Å²) in [6.07, 6.45) is 11.4. The van der Waals surface area contributed by atoms with E-state index in [1.807, 2.05) is 23.1 Å². The highest BCUT2D eigenvalue weighted by atomic mass is 16.2. The van der Waals surface area contributed by atoms with Crippen LogP contribution in [0.25, 0.3) is 0 Å². The molecule has 5 nitrogen and oxygen atoms in total. The van der Waals surface area contributed by atoms with Gasteiger partial charge in [0.15, 0.2) is 0 Å². The molecular formula is C19H30N4O. The van der Waals surface area contributed by atoms with Gasteiger partial charge in [0, 0.05) is 37.9 Å². The molecule has 1 aromatic heterocycles. The summed E-state index contributed by atoms with van der Waals surface area (Å²) in [6, 6.07) is 1.97. The Morgan fingerprint density at radius 3 is 2.33 bits per heavy atom. The van der Waals surface area contributed by atoms with E-state index in [0.29, 0.717) is 5.91 Å². The minimum atomic E-state index is 0.270. The molecule has 0 N–H and O–H groups in total. The van der Waals surface area contributed by atoms with Crippen LogP contribution in [0.3, 0.4) is 0 Å². The van der Waals surface area contributed by atoms with Crippen LogP contribution >= 0.6 is 0 Å². The van der Waals surface area contributed by atoms with Crippen LogP contribution in [0, 0.1) is 17.8 Å². The lowest BCUT2D eigenvalue weighted by molar-refractivity contribution is -0.136. The molecule has 24 heavy (non-hydrogen) atoms. The van der Waals surface area contributed by atoms with E-state index in [-0.39, 0.29) is 5.92 Å². The number of hydrogen-bond acceptors (Lipinski definition) is 3. The minimum absolute atomic E-state index is 0.270. The molecule has 1 aromatic rings. The van der Waals surface area contributed by atoms with E-state index in [1.165, 1.54) is 25.7 Å². The predicted octanol–water partition coefficient (Wildman–Crippen LogP) is 2.24. The fourth-order valence-electron chi connectivity index (χ4n) is 4.92. The quantitative estimate of drug-likeness (QED) is 0.850. The fourth-order valence-corrected chi connectivity index (χ4v) is 4.92. The maximum absolute atomic E-state index is 12.9. The molecule has 4 rings (SSSR count). The van der Waals surface area contributed by atoms with Gasteiger partial charge < -0.3 is 9.80 Å². The van der Waals surface area contributed by atoms with Crippen LogP contribution in [0.5, 0.6) is 0 Å². The van der Waals surface area contributed by atoms with Gasteiger partial charge in [-0.25, -0.2) is 0 Å². The summed E-state index contributed by atoms with van der Waals surface area (Å²) < 4.78 is 1.99. The normalized spacial score (nSPS) is 28.9. The highest BCUT2D eigenvalue weighted by Crippen LogP contribution is 2.37. The Morgan fingerprint density at radius 1 is 1.00 bits per heavy atom. The average Bonchev–Trinajstić information content (AvgIpc) is 3.29. The Kier molecular flexibility index (Phi) is 4.88. The lowest BCUT2D eigenvalue weighted by Gasteiger charge is -2.33. The summed E-state index contributed by atoms with van der Waals surface area (Å²) in [5.74, 6) is 2.33. The largest absolute Gasteiger partial charge is 0.342 e. The summed E-state index contributed by atoms with van der Waals surface area (Å²) in [4.78, 5) is 17.6. The predicted molar refractivity (Wildman–Crippen MR) is 93.4 cm³/mol. The van der Waals surface area contributed by atoms with Crippen LogP contribution in [0.2, 0.25) is 0 Å². The first-order valence-corrected chi connectivity index (χ1v) is 9.78. The van der Waals surface area contributed by atoms with Crippen LogP contribution in [0.15, 0.2) is 18.5 Å². The molecule has 1 amide bonds. The molecule has 3 fully saturated rings. The molecule has 3 heterocycles. The Bertz CT molecular complexity index is 522. The molecule has 0 spiro atoms. The fraction of sp³-hybridized carbons (Fsp3) is 0.789. The van der Waals surface area contributed by atoms with Gasteiger partial charge in [-0.15, -0.1) is 0 Å². The maximum atomic E-state index is 12.9. The van der Waals surface area contributed by atoms with Crippen molar-refractivity contribution in [3.8, 4) is 0 Å². The van der Waals surface area contributed by atoms with Gasteiger partial charge in [0.2, 0.25) is 5.91 Å². The average molecular weight is 330 g/mol. The third kappa shape index (κ3) is 3.51. The summed E-state index contributed by atoms with van der Waals surface area (Å²) >= 11 is 0. The smallest absolute Gasteiger partial charge is 0.225 e. The van der Waals surface area contributed by atoms with Gasteiger partial charge >= 0.3 is 0 Å². The summed E-state index contributed by atoms with van der Waals surface area (Å²) in [5.41, 5.74) is 0. The number of piperidine rings is 1. The second kappa shape index (κ2) is 7.26. The molecule has 0 aromatic carbocycles. The Hall–Kier alpha value is -1.36. The first-order valence-electron chi connectivity index (χ1n) is 9.78. The van der Waals surface area contributed by atoms with Gasteiger partial charge in [0.25, 0.3) is 0 Å².